The van der Waals surface area contributed by atoms with Crippen LogP contribution in [0.3, 0.4) is 0 Å². The highest BCUT2D eigenvalue weighted by molar-refractivity contribution is 5.56. The summed E-state index contributed by atoms with van der Waals surface area (Å²) in [6.07, 6.45) is 5.29. The van der Waals surface area contributed by atoms with Crippen LogP contribution >= 0.6 is 0 Å². The summed E-state index contributed by atoms with van der Waals surface area (Å²) in [6, 6.07) is 10.4. The molecule has 1 fully saturated rings. The lowest BCUT2D eigenvalue weighted by molar-refractivity contribution is 0.416. The van der Waals surface area contributed by atoms with Crippen LogP contribution in [0, 0.1) is 5.92 Å². The molecule has 1 aromatic carbocycles. The minimum Gasteiger partial charge on any atom is -0.367 e. The van der Waals surface area contributed by atoms with Crippen LogP contribution in [0.5, 0.6) is 0 Å². The van der Waals surface area contributed by atoms with E-state index in [1.54, 1.807) is 0 Å². The molecule has 104 valence electrons. The molecule has 0 aromatic heterocycles. The number of anilines is 1. The third-order valence-corrected chi connectivity index (χ3v) is 4.51. The zero-order valence-corrected chi connectivity index (χ0v) is 12.2. The van der Waals surface area contributed by atoms with Crippen molar-refractivity contribution in [2.75, 3.05) is 18.0 Å². The van der Waals surface area contributed by atoms with Gasteiger partial charge in [0.2, 0.25) is 0 Å². The molecule has 1 aromatic rings. The number of aryl methyl sites for hydroxylation is 1. The Morgan fingerprint density at radius 1 is 1.26 bits per heavy atom. The van der Waals surface area contributed by atoms with Crippen LogP contribution in [0.4, 0.5) is 5.69 Å². The van der Waals surface area contributed by atoms with Crippen molar-refractivity contribution in [2.45, 2.75) is 51.6 Å². The Hall–Kier alpha value is -1.02. The standard InChI is InChI=1S/C17H26N2/c1-13(2)17(12-18-15-9-10-15)19-11-5-7-14-6-3-4-8-16(14)19/h3-4,6,8,13,15,17-18H,5,7,9-12H2,1-2H3. The van der Waals surface area contributed by atoms with Crippen molar-refractivity contribution < 1.29 is 0 Å². The van der Waals surface area contributed by atoms with Crippen molar-refractivity contribution in [1.29, 1.82) is 0 Å². The first-order valence-electron chi connectivity index (χ1n) is 7.83. The third kappa shape index (κ3) is 2.94. The zero-order chi connectivity index (χ0) is 13.2. The van der Waals surface area contributed by atoms with E-state index in [4.69, 9.17) is 0 Å². The number of benzene rings is 1. The Kier molecular flexibility index (Phi) is 3.79. The highest BCUT2D eigenvalue weighted by Gasteiger charge is 2.28. The van der Waals surface area contributed by atoms with Crippen molar-refractivity contribution in [2.24, 2.45) is 5.92 Å². The van der Waals surface area contributed by atoms with Gasteiger partial charge in [-0.15, -0.1) is 0 Å². The largest absolute Gasteiger partial charge is 0.367 e. The molecule has 1 heterocycles. The van der Waals surface area contributed by atoms with Crippen LogP contribution in [0.2, 0.25) is 0 Å². The molecule has 1 saturated carbocycles. The van der Waals surface area contributed by atoms with Gasteiger partial charge in [-0.3, -0.25) is 0 Å². The molecule has 1 N–H and O–H groups in total. The van der Waals surface area contributed by atoms with Crippen LogP contribution in [0.25, 0.3) is 0 Å². The van der Waals surface area contributed by atoms with Gasteiger partial charge in [0.15, 0.2) is 0 Å². The molecule has 0 bridgehead atoms. The second-order valence-electron chi connectivity index (χ2n) is 6.42. The second-order valence-corrected chi connectivity index (χ2v) is 6.42. The quantitative estimate of drug-likeness (QED) is 0.872. The SMILES string of the molecule is CC(C)C(CNC1CC1)N1CCCc2ccccc21. The lowest BCUT2D eigenvalue weighted by Gasteiger charge is -2.40. The molecule has 0 spiro atoms. The van der Waals surface area contributed by atoms with E-state index >= 15 is 0 Å². The summed E-state index contributed by atoms with van der Waals surface area (Å²) in [7, 11) is 0. The Labute approximate surface area is 117 Å². The maximum Gasteiger partial charge on any atom is 0.0437 e. The minimum absolute atomic E-state index is 0.627. The molecule has 2 aliphatic rings. The molecule has 0 radical (unpaired) electrons. The van der Waals surface area contributed by atoms with Crippen molar-refractivity contribution in [3.8, 4) is 0 Å². The second kappa shape index (κ2) is 5.54. The summed E-state index contributed by atoms with van der Waals surface area (Å²) < 4.78 is 0. The maximum atomic E-state index is 3.72. The van der Waals surface area contributed by atoms with Crippen molar-refractivity contribution in [1.82, 2.24) is 5.32 Å². The lowest BCUT2D eigenvalue weighted by atomic mass is 9.95. The highest BCUT2D eigenvalue weighted by atomic mass is 15.2. The van der Waals surface area contributed by atoms with E-state index in [1.807, 2.05) is 0 Å². The molecular weight excluding hydrogens is 232 g/mol. The summed E-state index contributed by atoms with van der Waals surface area (Å²) in [6.45, 7) is 7.07. The van der Waals surface area contributed by atoms with E-state index in [0.29, 0.717) is 12.0 Å². The van der Waals surface area contributed by atoms with Crippen molar-refractivity contribution >= 4 is 5.69 Å². The Morgan fingerprint density at radius 3 is 2.79 bits per heavy atom. The monoisotopic (exact) mass is 258 g/mol. The predicted molar refractivity (Wildman–Crippen MR) is 81.8 cm³/mol. The van der Waals surface area contributed by atoms with E-state index in [9.17, 15) is 0 Å². The van der Waals surface area contributed by atoms with Gasteiger partial charge in [-0.2, -0.15) is 0 Å². The molecular formula is C17H26N2. The average Bonchev–Trinajstić information content (AvgIpc) is 3.23. The Balaban J connectivity index is 1.77. The molecule has 1 unspecified atom stereocenters. The summed E-state index contributed by atoms with van der Waals surface area (Å²) in [5.74, 6) is 0.692. The van der Waals surface area contributed by atoms with Crippen LogP contribution in [0.1, 0.15) is 38.7 Å². The third-order valence-electron chi connectivity index (χ3n) is 4.51. The number of fused-ring (bicyclic) bond motifs is 1. The number of hydrogen-bond donors (Lipinski definition) is 1. The normalized spacial score (nSPS) is 20.5. The number of nitrogens with zero attached hydrogens (tertiary/aromatic N) is 1. The molecule has 1 atom stereocenters. The van der Waals surface area contributed by atoms with Crippen LogP contribution in [0.15, 0.2) is 24.3 Å². The van der Waals surface area contributed by atoms with Crippen molar-refractivity contribution in [3.05, 3.63) is 29.8 Å². The van der Waals surface area contributed by atoms with Crippen molar-refractivity contribution in [3.63, 3.8) is 0 Å². The zero-order valence-electron chi connectivity index (χ0n) is 12.2. The number of hydrogen-bond acceptors (Lipinski definition) is 2. The van der Waals surface area contributed by atoms with Gasteiger partial charge in [-0.25, -0.2) is 0 Å². The first-order valence-corrected chi connectivity index (χ1v) is 7.83. The van der Waals surface area contributed by atoms with E-state index in [0.717, 1.165) is 12.6 Å². The van der Waals surface area contributed by atoms with Gasteiger partial charge in [0, 0.05) is 30.9 Å². The summed E-state index contributed by atoms with van der Waals surface area (Å²) in [5, 5.41) is 3.72. The molecule has 3 rings (SSSR count). The fraction of sp³-hybridized carbons (Fsp3) is 0.647. The molecule has 0 saturated heterocycles. The fourth-order valence-corrected chi connectivity index (χ4v) is 3.19. The molecule has 2 heteroatoms. The number of para-hydroxylation sites is 1. The van der Waals surface area contributed by atoms with Gasteiger partial charge >= 0.3 is 0 Å². The van der Waals surface area contributed by atoms with Gasteiger partial charge in [0.1, 0.15) is 0 Å². The highest BCUT2D eigenvalue weighted by Crippen LogP contribution is 2.30. The lowest BCUT2D eigenvalue weighted by Crippen LogP contribution is -2.48. The van der Waals surface area contributed by atoms with E-state index < -0.39 is 0 Å². The molecule has 1 aliphatic carbocycles. The smallest absolute Gasteiger partial charge is 0.0437 e. The van der Waals surface area contributed by atoms with Crippen LogP contribution in [-0.4, -0.2) is 25.2 Å². The van der Waals surface area contributed by atoms with E-state index in [1.165, 1.54) is 43.5 Å². The topological polar surface area (TPSA) is 15.3 Å². The molecule has 2 nitrogen and oxygen atoms in total. The van der Waals surface area contributed by atoms with Gasteiger partial charge in [0.05, 0.1) is 0 Å². The summed E-state index contributed by atoms with van der Waals surface area (Å²) in [5.41, 5.74) is 3.01. The molecule has 0 amide bonds. The van der Waals surface area contributed by atoms with Crippen LogP contribution < -0.4 is 10.2 Å². The number of nitrogens with one attached hydrogen (secondary N) is 1. The number of rotatable bonds is 5. The van der Waals surface area contributed by atoms with Crippen LogP contribution in [-0.2, 0) is 6.42 Å². The maximum absolute atomic E-state index is 3.72. The van der Waals surface area contributed by atoms with E-state index in [2.05, 4.69) is 48.3 Å². The summed E-state index contributed by atoms with van der Waals surface area (Å²) in [4.78, 5) is 2.65. The molecule has 1 aliphatic heterocycles. The first kappa shape index (κ1) is 13.0. The molecule has 19 heavy (non-hydrogen) atoms. The van der Waals surface area contributed by atoms with Gasteiger partial charge in [-0.1, -0.05) is 32.0 Å². The van der Waals surface area contributed by atoms with E-state index in [-0.39, 0.29) is 0 Å². The Morgan fingerprint density at radius 2 is 2.05 bits per heavy atom. The fourth-order valence-electron chi connectivity index (χ4n) is 3.19. The predicted octanol–water partition coefficient (Wildman–Crippen LogP) is 3.22. The average molecular weight is 258 g/mol. The first-order chi connectivity index (χ1) is 9.25. The minimum atomic E-state index is 0.627. The summed E-state index contributed by atoms with van der Waals surface area (Å²) >= 11 is 0. The van der Waals surface area contributed by atoms with Gasteiger partial charge < -0.3 is 10.2 Å². The van der Waals surface area contributed by atoms with Gasteiger partial charge in [-0.05, 0) is 43.2 Å². The Bertz CT molecular complexity index is 423. The van der Waals surface area contributed by atoms with Gasteiger partial charge in [0.25, 0.3) is 0 Å².